The molecule has 0 aliphatic rings. The smallest absolute Gasteiger partial charge is 0.321 e. The molecule has 0 rings (SSSR count). The molecule has 0 atom stereocenters. The fraction of sp³-hybridized carbons (Fsp3) is 0.500. The van der Waals surface area contributed by atoms with Crippen molar-refractivity contribution in [3.8, 4) is 0 Å². The summed E-state index contributed by atoms with van der Waals surface area (Å²) < 4.78 is 28.3. The summed E-state index contributed by atoms with van der Waals surface area (Å²) >= 11 is 0. The summed E-state index contributed by atoms with van der Waals surface area (Å²) in [7, 11) is -3.11. The molecule has 0 aromatic heterocycles. The van der Waals surface area contributed by atoms with Crippen molar-refractivity contribution < 1.29 is 22.6 Å². The van der Waals surface area contributed by atoms with Gasteiger partial charge in [-0.3, -0.25) is 14.7 Å². The zero-order chi connectivity index (χ0) is 9.78. The van der Waals surface area contributed by atoms with Crippen molar-refractivity contribution >= 4 is 22.1 Å². The lowest BCUT2D eigenvalue weighted by Crippen LogP contribution is -2.40. The Morgan fingerprint density at radius 3 is 2.25 bits per heavy atom. The van der Waals surface area contributed by atoms with E-state index in [-0.39, 0.29) is 0 Å². The highest BCUT2D eigenvalue weighted by molar-refractivity contribution is 7.86. The van der Waals surface area contributed by atoms with Crippen molar-refractivity contribution in [3.63, 3.8) is 0 Å². The van der Waals surface area contributed by atoms with E-state index in [2.05, 4.69) is 0 Å². The molecule has 0 saturated heterocycles. The average Bonchev–Trinajstić information content (AvgIpc) is 1.82. The van der Waals surface area contributed by atoms with E-state index in [4.69, 9.17) is 4.55 Å². The fourth-order valence-corrected chi connectivity index (χ4v) is 0.794. The van der Waals surface area contributed by atoms with Crippen LogP contribution < -0.4 is 10.6 Å². The number of hydrogen-bond donors (Lipinski definition) is 3. The zero-order valence-corrected chi connectivity index (χ0v) is 7.01. The third-order valence-corrected chi connectivity index (χ3v) is 1.42. The van der Waals surface area contributed by atoms with Gasteiger partial charge in [-0.15, -0.1) is 0 Å². The second kappa shape index (κ2) is 4.02. The van der Waals surface area contributed by atoms with Gasteiger partial charge in [0.05, 0.1) is 0 Å². The minimum absolute atomic E-state index is 0.830. The Hall–Kier alpha value is -1.15. The molecule has 0 aromatic rings. The number of imide groups is 1. The molecule has 12 heavy (non-hydrogen) atoms. The first-order chi connectivity index (χ1) is 5.35. The van der Waals surface area contributed by atoms with E-state index in [1.54, 1.807) is 5.32 Å². The Labute approximate surface area is 68.9 Å². The summed E-state index contributed by atoms with van der Waals surface area (Å²) in [6, 6.07) is -0.830. The van der Waals surface area contributed by atoms with Crippen LogP contribution in [0.1, 0.15) is 0 Å². The van der Waals surface area contributed by atoms with E-state index in [0.29, 0.717) is 0 Å². The Balaban J connectivity index is 4.00. The van der Waals surface area contributed by atoms with Crippen molar-refractivity contribution in [2.75, 3.05) is 12.8 Å². The highest BCUT2D eigenvalue weighted by Gasteiger charge is 2.14. The van der Waals surface area contributed by atoms with Gasteiger partial charge >= 0.3 is 6.03 Å². The van der Waals surface area contributed by atoms with E-state index >= 15 is 0 Å². The Bertz CT molecular complexity index is 282. The minimum atomic E-state index is -4.37. The highest BCUT2D eigenvalue weighted by Crippen LogP contribution is 1.80. The molecule has 0 saturated carbocycles. The Morgan fingerprint density at radius 2 is 1.92 bits per heavy atom. The highest BCUT2D eigenvalue weighted by atomic mass is 32.2. The first-order valence-corrected chi connectivity index (χ1v) is 4.43. The summed E-state index contributed by atoms with van der Waals surface area (Å²) in [5, 5.41) is 3.69. The first kappa shape index (κ1) is 10.8. The molecule has 0 heterocycles. The molecule has 0 fully saturated rings. The Morgan fingerprint density at radius 1 is 1.42 bits per heavy atom. The number of rotatable bonds is 2. The van der Waals surface area contributed by atoms with Crippen molar-refractivity contribution in [1.82, 2.24) is 10.6 Å². The normalized spacial score (nSPS) is 10.5. The van der Waals surface area contributed by atoms with Gasteiger partial charge in [0.1, 0.15) is 0 Å². The van der Waals surface area contributed by atoms with E-state index in [1.165, 1.54) is 7.05 Å². The van der Waals surface area contributed by atoms with E-state index in [1.807, 2.05) is 5.32 Å². The maximum atomic E-state index is 10.5. The quantitative estimate of drug-likeness (QED) is 0.457. The number of hydrogen-bond acceptors (Lipinski definition) is 4. The Kier molecular flexibility index (Phi) is 3.64. The molecule has 7 nitrogen and oxygen atoms in total. The monoisotopic (exact) mass is 196 g/mol. The third kappa shape index (κ3) is 5.62. The number of carbonyl (C=O) groups excluding carboxylic acids is 2. The molecule has 0 radical (unpaired) electrons. The number of urea groups is 1. The lowest BCUT2D eigenvalue weighted by atomic mass is 10.7. The van der Waals surface area contributed by atoms with Crippen LogP contribution >= 0.6 is 0 Å². The zero-order valence-electron chi connectivity index (χ0n) is 6.20. The molecule has 70 valence electrons. The van der Waals surface area contributed by atoms with E-state index in [0.717, 1.165) is 0 Å². The summed E-state index contributed by atoms with van der Waals surface area (Å²) in [6.07, 6.45) is 0. The summed E-state index contributed by atoms with van der Waals surface area (Å²) in [5.74, 6) is -2.21. The number of amides is 3. The minimum Gasteiger partial charge on any atom is -0.341 e. The second-order valence-corrected chi connectivity index (χ2v) is 3.31. The maximum absolute atomic E-state index is 10.5. The maximum Gasteiger partial charge on any atom is 0.321 e. The molecular formula is C4H8N2O5S. The molecule has 0 aliphatic heterocycles. The standard InChI is InChI=1S/C4H8N2O5S/c1-5-4(8)6-3(7)2-12(9,10)11/h2H2,1H3,(H,9,10,11)(H2,5,6,7,8). The van der Waals surface area contributed by atoms with Gasteiger partial charge in [0, 0.05) is 7.05 Å². The summed E-state index contributed by atoms with van der Waals surface area (Å²) in [4.78, 5) is 20.9. The third-order valence-electron chi connectivity index (χ3n) is 0.794. The first-order valence-electron chi connectivity index (χ1n) is 2.82. The predicted molar refractivity (Wildman–Crippen MR) is 39.0 cm³/mol. The fourth-order valence-electron chi connectivity index (χ4n) is 0.391. The molecular weight excluding hydrogens is 188 g/mol. The van der Waals surface area contributed by atoms with Crippen LogP contribution in [0.3, 0.4) is 0 Å². The van der Waals surface area contributed by atoms with Gasteiger partial charge in [-0.2, -0.15) is 8.42 Å². The van der Waals surface area contributed by atoms with Crippen molar-refractivity contribution in [3.05, 3.63) is 0 Å². The SMILES string of the molecule is CNC(=O)NC(=O)CS(=O)(=O)O. The van der Waals surface area contributed by atoms with Gasteiger partial charge in [0.2, 0.25) is 5.91 Å². The van der Waals surface area contributed by atoms with Gasteiger partial charge in [-0.05, 0) is 0 Å². The number of carbonyl (C=O) groups is 2. The van der Waals surface area contributed by atoms with E-state index in [9.17, 15) is 18.0 Å². The molecule has 0 bridgehead atoms. The summed E-state index contributed by atoms with van der Waals surface area (Å²) in [5.41, 5.74) is 0. The van der Waals surface area contributed by atoms with Gasteiger partial charge in [0.25, 0.3) is 10.1 Å². The van der Waals surface area contributed by atoms with Crippen molar-refractivity contribution in [1.29, 1.82) is 0 Å². The molecule has 3 amide bonds. The number of nitrogens with one attached hydrogen (secondary N) is 2. The van der Waals surface area contributed by atoms with Crippen LogP contribution in [0.5, 0.6) is 0 Å². The largest absolute Gasteiger partial charge is 0.341 e. The van der Waals surface area contributed by atoms with Gasteiger partial charge in [-0.25, -0.2) is 4.79 Å². The van der Waals surface area contributed by atoms with Crippen LogP contribution in [0.15, 0.2) is 0 Å². The lowest BCUT2D eigenvalue weighted by molar-refractivity contribution is -0.117. The molecule has 3 N–H and O–H groups in total. The topological polar surface area (TPSA) is 113 Å². The van der Waals surface area contributed by atoms with Crippen LogP contribution in [0, 0.1) is 0 Å². The van der Waals surface area contributed by atoms with E-state index < -0.39 is 27.8 Å². The van der Waals surface area contributed by atoms with Gasteiger partial charge in [0.15, 0.2) is 5.75 Å². The summed E-state index contributed by atoms with van der Waals surface area (Å²) in [6.45, 7) is 0. The molecule has 0 spiro atoms. The van der Waals surface area contributed by atoms with Crippen LogP contribution in [0.25, 0.3) is 0 Å². The van der Waals surface area contributed by atoms with Crippen molar-refractivity contribution in [2.45, 2.75) is 0 Å². The molecule has 0 aromatic carbocycles. The van der Waals surface area contributed by atoms with Crippen molar-refractivity contribution in [2.24, 2.45) is 0 Å². The van der Waals surface area contributed by atoms with Crippen LogP contribution in [-0.2, 0) is 14.9 Å². The molecule has 0 aliphatic carbocycles. The van der Waals surface area contributed by atoms with Gasteiger partial charge < -0.3 is 5.32 Å². The average molecular weight is 196 g/mol. The van der Waals surface area contributed by atoms with Crippen LogP contribution in [-0.4, -0.2) is 37.7 Å². The van der Waals surface area contributed by atoms with Crippen LogP contribution in [0.2, 0.25) is 0 Å². The lowest BCUT2D eigenvalue weighted by Gasteiger charge is -1.99. The molecule has 0 unspecified atom stereocenters. The molecule has 8 heteroatoms. The second-order valence-electron chi connectivity index (χ2n) is 1.85. The van der Waals surface area contributed by atoms with Gasteiger partial charge in [-0.1, -0.05) is 0 Å². The predicted octanol–water partition coefficient (Wildman–Crippen LogP) is -1.67. The van der Waals surface area contributed by atoms with Crippen LogP contribution in [0.4, 0.5) is 4.79 Å².